The van der Waals surface area contributed by atoms with Crippen molar-refractivity contribution in [2.45, 2.75) is 52.0 Å². The van der Waals surface area contributed by atoms with Gasteiger partial charge < -0.3 is 9.64 Å². The van der Waals surface area contributed by atoms with Crippen LogP contribution in [0.5, 0.6) is 0 Å². The molecule has 2 aliphatic heterocycles. The average Bonchev–Trinajstić information content (AvgIpc) is 2.66. The molecule has 0 radical (unpaired) electrons. The van der Waals surface area contributed by atoms with E-state index in [0.717, 1.165) is 32.6 Å². The molecule has 1 aromatic heterocycles. The van der Waals surface area contributed by atoms with Crippen molar-refractivity contribution in [3.63, 3.8) is 0 Å². The highest BCUT2D eigenvalue weighted by Gasteiger charge is 2.33. The number of benzene rings is 1. The van der Waals surface area contributed by atoms with Crippen molar-refractivity contribution in [2.75, 3.05) is 24.5 Å². The van der Waals surface area contributed by atoms with Gasteiger partial charge in [0.25, 0.3) is 0 Å². The smallest absolute Gasteiger partial charge is 0.132 e. The number of rotatable bonds is 5. The summed E-state index contributed by atoms with van der Waals surface area (Å²) in [5, 5.41) is 0. The Morgan fingerprint density at radius 2 is 2.00 bits per heavy atom. The molecule has 26 heavy (non-hydrogen) atoms. The Hall–Kier alpha value is -1.91. The Morgan fingerprint density at radius 3 is 2.81 bits per heavy atom. The molecule has 4 rings (SSSR count). The first-order valence-electron chi connectivity index (χ1n) is 9.82. The predicted octanol–water partition coefficient (Wildman–Crippen LogP) is 3.64. The van der Waals surface area contributed by atoms with Crippen LogP contribution in [0.4, 0.5) is 5.82 Å². The normalized spacial score (nSPS) is 20.1. The largest absolute Gasteiger partial charge is 0.374 e. The van der Waals surface area contributed by atoms with E-state index < -0.39 is 0 Å². The third-order valence-electron chi connectivity index (χ3n) is 5.52. The maximum atomic E-state index is 5.86. The highest BCUT2D eigenvalue weighted by atomic mass is 16.5. The third-order valence-corrected chi connectivity index (χ3v) is 5.52. The van der Waals surface area contributed by atoms with E-state index in [1.165, 1.54) is 28.9 Å². The van der Waals surface area contributed by atoms with Crippen molar-refractivity contribution in [3.05, 3.63) is 59.3 Å². The monoisotopic (exact) mass is 351 g/mol. The van der Waals surface area contributed by atoms with Gasteiger partial charge in [-0.05, 0) is 43.9 Å². The molecular weight excluding hydrogens is 322 g/mol. The zero-order chi connectivity index (χ0) is 17.9. The van der Waals surface area contributed by atoms with Crippen molar-refractivity contribution in [3.8, 4) is 0 Å². The summed E-state index contributed by atoms with van der Waals surface area (Å²) in [5.41, 5.74) is 4.12. The fraction of sp³-hybridized carbons (Fsp3) is 0.500. The molecule has 2 aromatic rings. The summed E-state index contributed by atoms with van der Waals surface area (Å²) < 4.78 is 5.86. The highest BCUT2D eigenvalue weighted by molar-refractivity contribution is 5.54. The van der Waals surface area contributed by atoms with Gasteiger partial charge in [-0.1, -0.05) is 30.3 Å². The highest BCUT2D eigenvalue weighted by Crippen LogP contribution is 2.33. The van der Waals surface area contributed by atoms with Crippen LogP contribution in [0.15, 0.2) is 42.6 Å². The van der Waals surface area contributed by atoms with Gasteiger partial charge >= 0.3 is 0 Å². The lowest BCUT2D eigenvalue weighted by Gasteiger charge is -2.45. The van der Waals surface area contributed by atoms with Gasteiger partial charge in [0.15, 0.2) is 0 Å². The Bertz CT molecular complexity index is 731. The quantitative estimate of drug-likeness (QED) is 0.822. The van der Waals surface area contributed by atoms with Crippen LogP contribution >= 0.6 is 0 Å². The second kappa shape index (κ2) is 7.77. The molecule has 0 bridgehead atoms. The average molecular weight is 351 g/mol. The maximum absolute atomic E-state index is 5.86. The minimum atomic E-state index is 0.261. The summed E-state index contributed by atoms with van der Waals surface area (Å²) in [7, 11) is 0. The molecule has 1 atom stereocenters. The van der Waals surface area contributed by atoms with Crippen LogP contribution in [0.3, 0.4) is 0 Å². The predicted molar refractivity (Wildman–Crippen MR) is 105 cm³/mol. The van der Waals surface area contributed by atoms with Gasteiger partial charge in [0.05, 0.1) is 12.7 Å². The Morgan fingerprint density at radius 1 is 1.15 bits per heavy atom. The summed E-state index contributed by atoms with van der Waals surface area (Å²) in [4.78, 5) is 9.88. The molecule has 4 nitrogen and oxygen atoms in total. The van der Waals surface area contributed by atoms with E-state index in [9.17, 15) is 0 Å². The molecule has 0 saturated carbocycles. The van der Waals surface area contributed by atoms with E-state index in [2.05, 4.69) is 60.0 Å². The van der Waals surface area contributed by atoms with Crippen LogP contribution in [-0.4, -0.2) is 41.7 Å². The van der Waals surface area contributed by atoms with Gasteiger partial charge in [-0.2, -0.15) is 0 Å². The summed E-state index contributed by atoms with van der Waals surface area (Å²) >= 11 is 0. The van der Waals surface area contributed by atoms with E-state index in [1.54, 1.807) is 0 Å². The van der Waals surface area contributed by atoms with E-state index in [-0.39, 0.29) is 6.10 Å². The number of aromatic nitrogens is 1. The standard InChI is InChI=1S/C22H29N3O/c1-17(2)26-16-19-10-11-23-22-21(19)9-8-20-15-24(12-13-25(20)22)14-18-6-4-3-5-7-18/h3-7,10-11,17,20H,8-9,12-16H2,1-2H3. The summed E-state index contributed by atoms with van der Waals surface area (Å²) in [6.45, 7) is 9.22. The van der Waals surface area contributed by atoms with Crippen molar-refractivity contribution < 1.29 is 4.74 Å². The molecule has 2 aliphatic rings. The van der Waals surface area contributed by atoms with Gasteiger partial charge in [-0.3, -0.25) is 4.90 Å². The summed E-state index contributed by atoms with van der Waals surface area (Å²) in [6.07, 6.45) is 4.53. The van der Waals surface area contributed by atoms with Crippen LogP contribution in [-0.2, 0) is 24.3 Å². The second-order valence-corrected chi connectivity index (χ2v) is 7.74. The van der Waals surface area contributed by atoms with Gasteiger partial charge in [-0.25, -0.2) is 4.98 Å². The van der Waals surface area contributed by atoms with Gasteiger partial charge in [0.2, 0.25) is 0 Å². The molecule has 1 unspecified atom stereocenters. The van der Waals surface area contributed by atoms with E-state index in [0.29, 0.717) is 12.6 Å². The van der Waals surface area contributed by atoms with Crippen LogP contribution in [0.2, 0.25) is 0 Å². The van der Waals surface area contributed by atoms with E-state index in [1.807, 2.05) is 6.20 Å². The lowest BCUT2D eigenvalue weighted by Crippen LogP contribution is -2.55. The minimum Gasteiger partial charge on any atom is -0.374 e. The minimum absolute atomic E-state index is 0.261. The first kappa shape index (κ1) is 17.5. The van der Waals surface area contributed by atoms with Crippen LogP contribution in [0.25, 0.3) is 0 Å². The number of piperazine rings is 1. The van der Waals surface area contributed by atoms with Crippen LogP contribution < -0.4 is 4.90 Å². The Labute approximate surface area is 156 Å². The SMILES string of the molecule is CC(C)OCc1ccnc2c1CCC1CN(Cc3ccccc3)CCN21. The fourth-order valence-electron chi connectivity index (χ4n) is 4.17. The zero-order valence-corrected chi connectivity index (χ0v) is 15.9. The lowest BCUT2D eigenvalue weighted by molar-refractivity contribution is 0.0651. The lowest BCUT2D eigenvalue weighted by atomic mass is 9.93. The molecule has 3 heterocycles. The first-order chi connectivity index (χ1) is 12.7. The Kier molecular flexibility index (Phi) is 5.23. The number of pyridine rings is 1. The number of hydrogen-bond donors (Lipinski definition) is 0. The van der Waals surface area contributed by atoms with Gasteiger partial charge in [0.1, 0.15) is 5.82 Å². The molecule has 1 aromatic carbocycles. The number of anilines is 1. The maximum Gasteiger partial charge on any atom is 0.132 e. The third kappa shape index (κ3) is 3.76. The number of ether oxygens (including phenoxy) is 1. The number of fused-ring (bicyclic) bond motifs is 3. The molecule has 0 amide bonds. The number of nitrogens with zero attached hydrogens (tertiary/aromatic N) is 3. The summed E-state index contributed by atoms with van der Waals surface area (Å²) in [6, 6.07) is 13.5. The topological polar surface area (TPSA) is 28.6 Å². The molecule has 0 aliphatic carbocycles. The zero-order valence-electron chi connectivity index (χ0n) is 15.9. The van der Waals surface area contributed by atoms with Gasteiger partial charge in [0, 0.05) is 44.0 Å². The molecule has 0 N–H and O–H groups in total. The van der Waals surface area contributed by atoms with E-state index >= 15 is 0 Å². The molecular formula is C22H29N3O. The van der Waals surface area contributed by atoms with E-state index in [4.69, 9.17) is 9.72 Å². The fourth-order valence-corrected chi connectivity index (χ4v) is 4.17. The molecule has 0 spiro atoms. The van der Waals surface area contributed by atoms with Gasteiger partial charge in [-0.15, -0.1) is 0 Å². The molecule has 1 fully saturated rings. The van der Waals surface area contributed by atoms with Crippen molar-refractivity contribution >= 4 is 5.82 Å². The molecule has 1 saturated heterocycles. The molecule has 138 valence electrons. The summed E-state index contributed by atoms with van der Waals surface area (Å²) in [5.74, 6) is 1.20. The second-order valence-electron chi connectivity index (χ2n) is 7.74. The van der Waals surface area contributed by atoms with Crippen LogP contribution in [0.1, 0.15) is 37.0 Å². The molecule has 4 heteroatoms. The Balaban J connectivity index is 1.46. The number of hydrogen-bond acceptors (Lipinski definition) is 4. The van der Waals surface area contributed by atoms with Crippen molar-refractivity contribution in [1.29, 1.82) is 0 Å². The first-order valence-corrected chi connectivity index (χ1v) is 9.82. The van der Waals surface area contributed by atoms with Crippen molar-refractivity contribution in [1.82, 2.24) is 9.88 Å². The van der Waals surface area contributed by atoms with Crippen LogP contribution in [0, 0.1) is 0 Å². The van der Waals surface area contributed by atoms with Crippen molar-refractivity contribution in [2.24, 2.45) is 0 Å².